The lowest BCUT2D eigenvalue weighted by Crippen LogP contribution is -3.28. The lowest BCUT2D eigenvalue weighted by Gasteiger charge is -2.34. The number of hydrogen-bond donors (Lipinski definition) is 2. The molecule has 6 nitrogen and oxygen atoms in total. The summed E-state index contributed by atoms with van der Waals surface area (Å²) in [6.07, 6.45) is 5.02. The lowest BCUT2D eigenvalue weighted by atomic mass is 10.0. The van der Waals surface area contributed by atoms with Crippen molar-refractivity contribution in [2.24, 2.45) is 0 Å². The summed E-state index contributed by atoms with van der Waals surface area (Å²) in [4.78, 5) is 3.32. The van der Waals surface area contributed by atoms with Gasteiger partial charge in [0.25, 0.3) is 0 Å². The number of tetrazole rings is 1. The summed E-state index contributed by atoms with van der Waals surface area (Å²) in [5, 5.41) is 13.0. The van der Waals surface area contributed by atoms with E-state index in [0.29, 0.717) is 6.04 Å². The molecule has 0 amide bonds. The van der Waals surface area contributed by atoms with E-state index < -0.39 is 0 Å². The van der Waals surface area contributed by atoms with E-state index in [2.05, 4.69) is 57.5 Å². The molecule has 2 heterocycles. The highest BCUT2D eigenvalue weighted by Gasteiger charge is 2.36. The lowest BCUT2D eigenvalue weighted by molar-refractivity contribution is -1.02. The van der Waals surface area contributed by atoms with E-state index in [9.17, 15) is 0 Å². The number of nitrogens with zero attached hydrogens (tertiary/aromatic N) is 4. The number of benzene rings is 1. The molecule has 6 heteroatoms. The summed E-state index contributed by atoms with van der Waals surface area (Å²) in [5.41, 5.74) is 1.34. The van der Waals surface area contributed by atoms with Gasteiger partial charge in [-0.3, -0.25) is 0 Å². The van der Waals surface area contributed by atoms with E-state index in [-0.39, 0.29) is 6.04 Å². The van der Waals surface area contributed by atoms with Crippen LogP contribution in [0.5, 0.6) is 0 Å². The molecular formula is C19H30N6+2. The topological polar surface area (TPSA) is 52.5 Å². The minimum absolute atomic E-state index is 0.246. The molecule has 1 atom stereocenters. The molecule has 0 bridgehead atoms. The van der Waals surface area contributed by atoms with Crippen molar-refractivity contribution in [3.05, 3.63) is 41.7 Å². The number of rotatable bonds is 5. The van der Waals surface area contributed by atoms with Gasteiger partial charge in [0.2, 0.25) is 5.82 Å². The Labute approximate surface area is 149 Å². The molecule has 1 aromatic heterocycles. The standard InChI is InChI=1S/C19H28N6/c1-2-23-12-14-24(15-13-23)18(16-8-4-3-5-9-16)19-20-21-22-25(19)17-10-6-7-11-17/h3-5,8-9,17-18H,2,6-7,10-15H2,1H3/p+2/t18-/m0/s1. The van der Waals surface area contributed by atoms with Crippen LogP contribution in [-0.4, -0.2) is 52.9 Å². The molecule has 2 aromatic rings. The quantitative estimate of drug-likeness (QED) is 0.783. The fourth-order valence-electron chi connectivity index (χ4n) is 4.58. The van der Waals surface area contributed by atoms with Crippen LogP contribution in [0.15, 0.2) is 30.3 Å². The van der Waals surface area contributed by atoms with Gasteiger partial charge in [-0.2, -0.15) is 0 Å². The Morgan fingerprint density at radius 2 is 1.80 bits per heavy atom. The number of nitrogens with one attached hydrogen (secondary N) is 2. The van der Waals surface area contributed by atoms with Gasteiger partial charge < -0.3 is 9.80 Å². The first kappa shape index (κ1) is 16.7. The molecule has 1 aliphatic carbocycles. The number of aromatic nitrogens is 4. The minimum Gasteiger partial charge on any atom is -0.326 e. The fourth-order valence-corrected chi connectivity index (χ4v) is 4.58. The highest BCUT2D eigenvalue weighted by atomic mass is 15.6. The first-order valence-electron chi connectivity index (χ1n) is 9.87. The van der Waals surface area contributed by atoms with Crippen molar-refractivity contribution in [1.82, 2.24) is 20.2 Å². The minimum atomic E-state index is 0.246. The van der Waals surface area contributed by atoms with E-state index in [0.717, 1.165) is 5.82 Å². The molecule has 2 aliphatic rings. The summed E-state index contributed by atoms with van der Waals surface area (Å²) >= 11 is 0. The summed E-state index contributed by atoms with van der Waals surface area (Å²) in [5.74, 6) is 1.06. The molecular weight excluding hydrogens is 312 g/mol. The monoisotopic (exact) mass is 342 g/mol. The van der Waals surface area contributed by atoms with Crippen LogP contribution in [0.2, 0.25) is 0 Å². The Kier molecular flexibility index (Phi) is 5.08. The number of piperazine rings is 1. The van der Waals surface area contributed by atoms with Crippen molar-refractivity contribution in [2.75, 3.05) is 32.7 Å². The van der Waals surface area contributed by atoms with E-state index in [1.807, 2.05) is 0 Å². The molecule has 0 unspecified atom stereocenters. The van der Waals surface area contributed by atoms with Gasteiger partial charge in [0.15, 0.2) is 6.04 Å². The maximum atomic E-state index is 4.53. The van der Waals surface area contributed by atoms with Gasteiger partial charge in [0, 0.05) is 5.56 Å². The molecule has 0 spiro atoms. The molecule has 1 aromatic carbocycles. The van der Waals surface area contributed by atoms with Gasteiger partial charge >= 0.3 is 0 Å². The first-order chi connectivity index (χ1) is 12.4. The van der Waals surface area contributed by atoms with Gasteiger partial charge in [0.1, 0.15) is 26.2 Å². The molecule has 2 fully saturated rings. The van der Waals surface area contributed by atoms with Gasteiger partial charge in [-0.15, -0.1) is 5.10 Å². The SMILES string of the molecule is CC[NH+]1CC[NH+]([C@@H](c2ccccc2)c2nnnn2C2CCCC2)CC1. The molecule has 0 radical (unpaired) electrons. The van der Waals surface area contributed by atoms with Crippen LogP contribution in [0.25, 0.3) is 0 Å². The van der Waals surface area contributed by atoms with Crippen LogP contribution in [0.1, 0.15) is 56.1 Å². The zero-order valence-electron chi connectivity index (χ0n) is 15.2. The maximum Gasteiger partial charge on any atom is 0.214 e. The summed E-state index contributed by atoms with van der Waals surface area (Å²) in [6.45, 7) is 8.35. The van der Waals surface area contributed by atoms with Crippen LogP contribution < -0.4 is 9.80 Å². The van der Waals surface area contributed by atoms with Crippen LogP contribution in [0.3, 0.4) is 0 Å². The third-order valence-corrected chi connectivity index (χ3v) is 6.09. The molecule has 1 saturated heterocycles. The van der Waals surface area contributed by atoms with Crippen molar-refractivity contribution < 1.29 is 9.80 Å². The zero-order valence-corrected chi connectivity index (χ0v) is 15.2. The van der Waals surface area contributed by atoms with Crippen molar-refractivity contribution >= 4 is 0 Å². The van der Waals surface area contributed by atoms with Crippen LogP contribution in [0.4, 0.5) is 0 Å². The normalized spacial score (nSPS) is 26.0. The average Bonchev–Trinajstić information content (AvgIpc) is 3.35. The molecule has 1 aliphatic heterocycles. The maximum absolute atomic E-state index is 4.53. The fraction of sp³-hybridized carbons (Fsp3) is 0.632. The van der Waals surface area contributed by atoms with Gasteiger partial charge in [-0.25, -0.2) is 4.68 Å². The van der Waals surface area contributed by atoms with Crippen LogP contribution in [-0.2, 0) is 0 Å². The number of likely N-dealkylation sites (N-methyl/N-ethyl adjacent to an activating group) is 1. The number of quaternary nitrogens is 2. The predicted octanol–water partition coefficient (Wildman–Crippen LogP) is -0.319. The summed E-state index contributed by atoms with van der Waals surface area (Å²) in [7, 11) is 0. The Bertz CT molecular complexity index is 656. The molecule has 134 valence electrons. The van der Waals surface area contributed by atoms with Crippen molar-refractivity contribution in [3.63, 3.8) is 0 Å². The largest absolute Gasteiger partial charge is 0.326 e. The smallest absolute Gasteiger partial charge is 0.214 e. The predicted molar refractivity (Wildman–Crippen MR) is 95.5 cm³/mol. The van der Waals surface area contributed by atoms with Crippen molar-refractivity contribution in [3.8, 4) is 0 Å². The van der Waals surface area contributed by atoms with Crippen molar-refractivity contribution in [2.45, 2.75) is 44.7 Å². The second-order valence-electron chi connectivity index (χ2n) is 7.53. The van der Waals surface area contributed by atoms with E-state index in [1.165, 1.54) is 64.0 Å². The van der Waals surface area contributed by atoms with E-state index in [4.69, 9.17) is 0 Å². The Morgan fingerprint density at radius 1 is 1.08 bits per heavy atom. The third-order valence-electron chi connectivity index (χ3n) is 6.09. The summed E-state index contributed by atoms with van der Waals surface area (Å²) < 4.78 is 2.15. The zero-order chi connectivity index (χ0) is 17.1. The van der Waals surface area contributed by atoms with Crippen LogP contribution in [0, 0.1) is 0 Å². The van der Waals surface area contributed by atoms with Gasteiger partial charge in [-0.05, 0) is 30.2 Å². The molecule has 25 heavy (non-hydrogen) atoms. The van der Waals surface area contributed by atoms with E-state index >= 15 is 0 Å². The second kappa shape index (κ2) is 7.62. The van der Waals surface area contributed by atoms with Crippen LogP contribution >= 0.6 is 0 Å². The average molecular weight is 342 g/mol. The van der Waals surface area contributed by atoms with Gasteiger partial charge in [0.05, 0.1) is 12.6 Å². The number of hydrogen-bond acceptors (Lipinski definition) is 3. The molecule has 1 saturated carbocycles. The Balaban J connectivity index is 1.66. The highest BCUT2D eigenvalue weighted by Crippen LogP contribution is 2.31. The third kappa shape index (κ3) is 3.46. The van der Waals surface area contributed by atoms with E-state index in [1.54, 1.807) is 9.80 Å². The first-order valence-corrected chi connectivity index (χ1v) is 9.87. The molecule has 2 N–H and O–H groups in total. The van der Waals surface area contributed by atoms with Crippen molar-refractivity contribution in [1.29, 1.82) is 0 Å². The second-order valence-corrected chi connectivity index (χ2v) is 7.53. The highest BCUT2D eigenvalue weighted by molar-refractivity contribution is 5.22. The van der Waals surface area contributed by atoms with Gasteiger partial charge in [-0.1, -0.05) is 43.2 Å². The Hall–Kier alpha value is -1.79. The molecule has 4 rings (SSSR count). The Morgan fingerprint density at radius 3 is 2.48 bits per heavy atom. The summed E-state index contributed by atoms with van der Waals surface area (Å²) in [6, 6.07) is 11.6.